The lowest BCUT2D eigenvalue weighted by Crippen LogP contribution is -2.25. The largest absolute Gasteiger partial charge is 0.508 e. The first kappa shape index (κ1) is 12.9. The van der Waals surface area contributed by atoms with Gasteiger partial charge in [0.1, 0.15) is 17.1 Å². The lowest BCUT2D eigenvalue weighted by Gasteiger charge is -2.28. The van der Waals surface area contributed by atoms with E-state index in [4.69, 9.17) is 4.74 Å². The van der Waals surface area contributed by atoms with Gasteiger partial charge in [0.15, 0.2) is 0 Å². The van der Waals surface area contributed by atoms with Gasteiger partial charge in [-0.25, -0.2) is 0 Å². The van der Waals surface area contributed by atoms with Crippen LogP contribution in [-0.2, 0) is 5.41 Å². The Bertz CT molecular complexity index is 367. The predicted molar refractivity (Wildman–Crippen MR) is 67.2 cm³/mol. The smallest absolute Gasteiger partial charge is 0.127 e. The van der Waals surface area contributed by atoms with Crippen molar-refractivity contribution in [2.45, 2.75) is 52.6 Å². The molecular weight excluding hydrogens is 200 g/mol. The minimum atomic E-state index is -0.256. The van der Waals surface area contributed by atoms with Crippen LogP contribution < -0.4 is 4.74 Å². The molecule has 0 aliphatic heterocycles. The van der Waals surface area contributed by atoms with Gasteiger partial charge in [0, 0.05) is 6.07 Å². The van der Waals surface area contributed by atoms with Crippen LogP contribution in [0.1, 0.15) is 47.1 Å². The Kier molecular flexibility index (Phi) is 3.22. The third-order valence-electron chi connectivity index (χ3n) is 2.19. The van der Waals surface area contributed by atoms with Gasteiger partial charge in [0.25, 0.3) is 0 Å². The van der Waals surface area contributed by atoms with E-state index < -0.39 is 0 Å². The summed E-state index contributed by atoms with van der Waals surface area (Å²) in [5.74, 6) is 1.01. The van der Waals surface area contributed by atoms with Crippen molar-refractivity contribution in [2.24, 2.45) is 0 Å². The maximum Gasteiger partial charge on any atom is 0.127 e. The lowest BCUT2D eigenvalue weighted by molar-refractivity contribution is 0.127. The van der Waals surface area contributed by atoms with Crippen LogP contribution in [0, 0.1) is 0 Å². The highest BCUT2D eigenvalue weighted by molar-refractivity contribution is 5.43. The Morgan fingerprint density at radius 3 is 2.00 bits per heavy atom. The van der Waals surface area contributed by atoms with Crippen LogP contribution in [-0.4, -0.2) is 10.7 Å². The molecule has 0 aliphatic rings. The van der Waals surface area contributed by atoms with Crippen LogP contribution in [0.2, 0.25) is 0 Å². The predicted octanol–water partition coefficient (Wildman–Crippen LogP) is 3.87. The molecule has 2 heteroatoms. The Balaban J connectivity index is 3.19. The monoisotopic (exact) mass is 222 g/mol. The van der Waals surface area contributed by atoms with Crippen LogP contribution in [0.3, 0.4) is 0 Å². The molecule has 1 aromatic rings. The van der Waals surface area contributed by atoms with Crippen molar-refractivity contribution in [1.29, 1.82) is 0 Å². The highest BCUT2D eigenvalue weighted by Gasteiger charge is 2.22. The molecule has 0 bridgehead atoms. The summed E-state index contributed by atoms with van der Waals surface area (Å²) in [5, 5.41) is 9.52. The fourth-order valence-corrected chi connectivity index (χ4v) is 1.54. The van der Waals surface area contributed by atoms with E-state index in [1.54, 1.807) is 12.1 Å². The van der Waals surface area contributed by atoms with E-state index in [1.165, 1.54) is 0 Å². The summed E-state index contributed by atoms with van der Waals surface area (Å²) in [6, 6.07) is 5.32. The van der Waals surface area contributed by atoms with Crippen molar-refractivity contribution >= 4 is 0 Å². The van der Waals surface area contributed by atoms with Crippen molar-refractivity contribution in [2.75, 3.05) is 0 Å². The second-order valence-corrected chi connectivity index (χ2v) is 6.14. The second kappa shape index (κ2) is 4.00. The van der Waals surface area contributed by atoms with E-state index in [1.807, 2.05) is 26.8 Å². The Morgan fingerprint density at radius 1 is 1.00 bits per heavy atom. The highest BCUT2D eigenvalue weighted by Crippen LogP contribution is 2.35. The zero-order valence-electron chi connectivity index (χ0n) is 11.1. The average molecular weight is 222 g/mol. The van der Waals surface area contributed by atoms with E-state index in [2.05, 4.69) is 20.8 Å². The van der Waals surface area contributed by atoms with Gasteiger partial charge in [-0.2, -0.15) is 0 Å². The maximum atomic E-state index is 9.52. The third kappa shape index (κ3) is 3.44. The normalized spacial score (nSPS) is 12.6. The van der Waals surface area contributed by atoms with Gasteiger partial charge >= 0.3 is 0 Å². The zero-order chi connectivity index (χ0) is 12.6. The molecule has 1 rings (SSSR count). The van der Waals surface area contributed by atoms with Crippen LogP contribution in [0.5, 0.6) is 11.5 Å². The Labute approximate surface area is 98.3 Å². The van der Waals surface area contributed by atoms with Gasteiger partial charge in [-0.1, -0.05) is 26.8 Å². The topological polar surface area (TPSA) is 29.5 Å². The first-order valence-electron chi connectivity index (χ1n) is 5.62. The molecule has 1 aromatic carbocycles. The van der Waals surface area contributed by atoms with E-state index in [-0.39, 0.29) is 16.8 Å². The third-order valence-corrected chi connectivity index (χ3v) is 2.19. The molecule has 0 spiro atoms. The van der Waals surface area contributed by atoms with Crippen molar-refractivity contribution in [1.82, 2.24) is 0 Å². The summed E-state index contributed by atoms with van der Waals surface area (Å²) in [5.41, 5.74) is 0.863. The molecule has 0 radical (unpaired) electrons. The molecule has 1 N–H and O–H groups in total. The van der Waals surface area contributed by atoms with E-state index in [0.29, 0.717) is 0 Å². The summed E-state index contributed by atoms with van der Waals surface area (Å²) in [6.07, 6.45) is 0. The fraction of sp³-hybridized carbons (Fsp3) is 0.571. The molecule has 0 saturated heterocycles. The SMILES string of the molecule is CC(C)(C)Oc1cc(O)ccc1C(C)(C)C. The number of aromatic hydroxyl groups is 1. The van der Waals surface area contributed by atoms with Crippen molar-refractivity contribution in [3.63, 3.8) is 0 Å². The van der Waals surface area contributed by atoms with Crippen molar-refractivity contribution in [3.05, 3.63) is 23.8 Å². The number of hydrogen-bond acceptors (Lipinski definition) is 2. The van der Waals surface area contributed by atoms with Gasteiger partial charge in [-0.05, 0) is 37.8 Å². The van der Waals surface area contributed by atoms with Gasteiger partial charge < -0.3 is 9.84 Å². The average Bonchev–Trinajstić information content (AvgIpc) is 1.97. The summed E-state index contributed by atoms with van der Waals surface area (Å²) in [7, 11) is 0. The Morgan fingerprint density at radius 2 is 1.56 bits per heavy atom. The number of benzene rings is 1. The van der Waals surface area contributed by atoms with Crippen LogP contribution in [0.4, 0.5) is 0 Å². The van der Waals surface area contributed by atoms with Gasteiger partial charge in [-0.15, -0.1) is 0 Å². The molecule has 0 heterocycles. The molecule has 2 nitrogen and oxygen atoms in total. The van der Waals surface area contributed by atoms with Crippen molar-refractivity contribution in [3.8, 4) is 11.5 Å². The molecular formula is C14H22O2. The molecule has 0 fully saturated rings. The van der Waals surface area contributed by atoms with Crippen LogP contribution >= 0.6 is 0 Å². The minimum Gasteiger partial charge on any atom is -0.508 e. The first-order valence-corrected chi connectivity index (χ1v) is 5.62. The molecule has 0 amide bonds. The highest BCUT2D eigenvalue weighted by atomic mass is 16.5. The molecule has 0 saturated carbocycles. The van der Waals surface area contributed by atoms with Gasteiger partial charge in [0.2, 0.25) is 0 Å². The summed E-state index contributed by atoms with van der Waals surface area (Å²) in [6.45, 7) is 12.4. The molecule has 16 heavy (non-hydrogen) atoms. The number of ether oxygens (including phenoxy) is 1. The van der Waals surface area contributed by atoms with Gasteiger partial charge in [-0.3, -0.25) is 0 Å². The van der Waals surface area contributed by atoms with E-state index in [0.717, 1.165) is 11.3 Å². The number of phenols is 1. The molecule has 0 unspecified atom stereocenters. The molecule has 0 aliphatic carbocycles. The fourth-order valence-electron chi connectivity index (χ4n) is 1.54. The molecule has 0 atom stereocenters. The lowest BCUT2D eigenvalue weighted by atomic mass is 9.86. The van der Waals surface area contributed by atoms with Crippen LogP contribution in [0.15, 0.2) is 18.2 Å². The molecule has 90 valence electrons. The number of hydrogen-bond donors (Lipinski definition) is 1. The van der Waals surface area contributed by atoms with Gasteiger partial charge in [0.05, 0.1) is 0 Å². The number of phenolic OH excluding ortho intramolecular Hbond substituents is 1. The minimum absolute atomic E-state index is 0.00822. The second-order valence-electron chi connectivity index (χ2n) is 6.14. The quantitative estimate of drug-likeness (QED) is 0.781. The van der Waals surface area contributed by atoms with Crippen molar-refractivity contribution < 1.29 is 9.84 Å². The van der Waals surface area contributed by atoms with E-state index >= 15 is 0 Å². The first-order chi connectivity index (χ1) is 7.09. The standard InChI is InChI=1S/C14H22O2/c1-13(2,3)11-8-7-10(15)9-12(11)16-14(4,5)6/h7-9,15H,1-6H3. The maximum absolute atomic E-state index is 9.52. The zero-order valence-corrected chi connectivity index (χ0v) is 11.1. The van der Waals surface area contributed by atoms with Crippen LogP contribution in [0.25, 0.3) is 0 Å². The Hall–Kier alpha value is -1.18. The summed E-state index contributed by atoms with van der Waals surface area (Å²) in [4.78, 5) is 0. The molecule has 0 aromatic heterocycles. The summed E-state index contributed by atoms with van der Waals surface area (Å²) < 4.78 is 5.88. The number of rotatable bonds is 1. The van der Waals surface area contributed by atoms with E-state index in [9.17, 15) is 5.11 Å². The summed E-state index contributed by atoms with van der Waals surface area (Å²) >= 11 is 0.